The van der Waals surface area contributed by atoms with Crippen LogP contribution in [0.4, 0.5) is 0 Å². The molecule has 0 fully saturated rings. The molecule has 30 valence electrons. The minimum atomic E-state index is 0.333. The van der Waals surface area contributed by atoms with Crippen molar-refractivity contribution in [3.63, 3.8) is 0 Å². The van der Waals surface area contributed by atoms with Gasteiger partial charge in [0.1, 0.15) is 0 Å². The van der Waals surface area contributed by atoms with E-state index in [1.54, 1.807) is 5.48 Å². The molecule has 4 heteroatoms. The van der Waals surface area contributed by atoms with Gasteiger partial charge in [-0.2, -0.15) is 10.8 Å². The van der Waals surface area contributed by atoms with Gasteiger partial charge in [-0.3, -0.25) is 4.79 Å². The highest BCUT2D eigenvalue weighted by atomic mass is 16.8. The first-order valence-corrected chi connectivity index (χ1v) is 0.964. The third kappa shape index (κ3) is 3.39. The Balaban J connectivity index is 2.40. The molecule has 0 atom stereocenters. The predicted molar refractivity (Wildman–Crippen MR) is 14.5 cm³/mol. The molecule has 0 aromatic carbocycles. The van der Waals surface area contributed by atoms with E-state index >= 15 is 0 Å². The second-order valence-electron chi connectivity index (χ2n) is 0.354. The molecule has 0 rings (SSSR count). The van der Waals surface area contributed by atoms with E-state index < -0.39 is 0 Å². The number of hydrogen-bond donors (Lipinski definition) is 2. The number of nitrogens with two attached hydrogens (primary N) is 1. The second kappa shape index (κ2) is 3.39. The molecule has 0 unspecified atom stereocenters. The first-order chi connectivity index (χ1) is 2.41. The first kappa shape index (κ1) is 4.39. The smallest absolute Gasteiger partial charge is 0.232 e. The average molecular weight is 76.1 g/mol. The second-order valence-corrected chi connectivity index (χ2v) is 0.354. The maximum atomic E-state index is 9.09. The fourth-order valence-electron chi connectivity index (χ4n) is 0.0278. The van der Waals surface area contributed by atoms with Crippen LogP contribution in [0.15, 0.2) is 0 Å². The van der Waals surface area contributed by atoms with Crippen molar-refractivity contribution in [3.8, 4) is 0 Å². The van der Waals surface area contributed by atoms with Crippen molar-refractivity contribution in [2.24, 2.45) is 5.90 Å². The van der Waals surface area contributed by atoms with Crippen molar-refractivity contribution in [3.05, 3.63) is 0 Å². The lowest BCUT2D eigenvalue weighted by Crippen LogP contribution is -2.15. The lowest BCUT2D eigenvalue weighted by atomic mass is 11.5. The first-order valence-electron chi connectivity index (χ1n) is 0.964. The molecule has 0 heterocycles. The highest BCUT2D eigenvalue weighted by Gasteiger charge is 1.57. The van der Waals surface area contributed by atoms with E-state index in [1.165, 1.54) is 0 Å². The van der Waals surface area contributed by atoms with Gasteiger partial charge < -0.3 is 0 Å². The lowest BCUT2D eigenvalue weighted by molar-refractivity contribution is -0.120. The summed E-state index contributed by atoms with van der Waals surface area (Å²) >= 11 is 0. The Labute approximate surface area is 28.8 Å². The number of nitrogens with one attached hydrogen (secondary N) is 1. The van der Waals surface area contributed by atoms with Crippen LogP contribution in [0.5, 0.6) is 0 Å². The van der Waals surface area contributed by atoms with Gasteiger partial charge in [0.25, 0.3) is 0 Å². The summed E-state index contributed by atoms with van der Waals surface area (Å²) < 4.78 is 0. The molecule has 3 N–H and O–H groups in total. The van der Waals surface area contributed by atoms with E-state index in [-0.39, 0.29) is 0 Å². The zero-order valence-electron chi connectivity index (χ0n) is 2.47. The molecule has 0 aliphatic carbocycles. The number of carbonyl (C=O) groups excluding carboxylic acids is 1. The topological polar surface area (TPSA) is 64.3 Å². The van der Waals surface area contributed by atoms with Crippen molar-refractivity contribution in [1.29, 1.82) is 0 Å². The third-order valence-corrected chi connectivity index (χ3v) is 0.116. The average Bonchev–Trinajstić information content (AvgIpc) is 1.41. The van der Waals surface area contributed by atoms with E-state index in [9.17, 15) is 0 Å². The van der Waals surface area contributed by atoms with Gasteiger partial charge >= 0.3 is 0 Å². The number of rotatable bonds is 2. The van der Waals surface area contributed by atoms with Gasteiger partial charge in [0, 0.05) is 0 Å². The monoisotopic (exact) mass is 76.0 g/mol. The van der Waals surface area contributed by atoms with Gasteiger partial charge in [0.05, 0.1) is 0 Å². The minimum Gasteiger partial charge on any atom is -0.277 e. The number of hydroxylamine groups is 1. The van der Waals surface area contributed by atoms with Crippen LogP contribution in [-0.4, -0.2) is 6.41 Å². The Morgan fingerprint density at radius 2 is 2.60 bits per heavy atom. The van der Waals surface area contributed by atoms with Gasteiger partial charge in [-0.05, 0) is 0 Å². The summed E-state index contributed by atoms with van der Waals surface area (Å²) in [7, 11) is 0. The van der Waals surface area contributed by atoms with Crippen molar-refractivity contribution in [2.45, 2.75) is 0 Å². The Hall–Kier alpha value is -0.610. The molecule has 1 amide bonds. The molecular formula is CH4N2O2. The molecule has 0 saturated carbocycles. The fraction of sp³-hybridized carbons (Fsp3) is 0. The van der Waals surface area contributed by atoms with Crippen LogP contribution in [-0.2, 0) is 9.73 Å². The molecule has 0 aliphatic heterocycles. The summed E-state index contributed by atoms with van der Waals surface area (Å²) in [5.74, 6) is 4.30. The largest absolute Gasteiger partial charge is 0.277 e. The van der Waals surface area contributed by atoms with E-state index in [1.807, 2.05) is 0 Å². The highest BCUT2D eigenvalue weighted by molar-refractivity contribution is 5.43. The zero-order chi connectivity index (χ0) is 4.12. The summed E-state index contributed by atoms with van der Waals surface area (Å²) in [4.78, 5) is 12.7. The van der Waals surface area contributed by atoms with Crippen LogP contribution in [0.25, 0.3) is 0 Å². The molecule has 0 aromatic heterocycles. The minimum absolute atomic E-state index is 0.333. The van der Waals surface area contributed by atoms with Crippen LogP contribution in [0.1, 0.15) is 0 Å². The summed E-state index contributed by atoms with van der Waals surface area (Å²) in [5.41, 5.74) is 1.71. The van der Waals surface area contributed by atoms with Crippen LogP contribution >= 0.6 is 0 Å². The summed E-state index contributed by atoms with van der Waals surface area (Å²) in [6.45, 7) is 0. The van der Waals surface area contributed by atoms with E-state index in [0.29, 0.717) is 6.41 Å². The van der Waals surface area contributed by atoms with E-state index in [0.717, 1.165) is 0 Å². The molecule has 5 heavy (non-hydrogen) atoms. The van der Waals surface area contributed by atoms with Crippen LogP contribution in [0.2, 0.25) is 0 Å². The lowest BCUT2D eigenvalue weighted by Gasteiger charge is -1.80. The maximum absolute atomic E-state index is 9.09. The molecule has 0 bridgehead atoms. The summed E-state index contributed by atoms with van der Waals surface area (Å²) in [6, 6.07) is 0. The maximum Gasteiger partial charge on any atom is 0.232 e. The SMILES string of the molecule is NONC=O. The Morgan fingerprint density at radius 3 is 2.60 bits per heavy atom. The summed E-state index contributed by atoms with van der Waals surface area (Å²) in [5, 5.41) is 0. The molecule has 0 saturated heterocycles. The number of carbonyl (C=O) groups is 1. The fourth-order valence-corrected chi connectivity index (χ4v) is 0.0278. The van der Waals surface area contributed by atoms with Crippen molar-refractivity contribution in [1.82, 2.24) is 5.48 Å². The van der Waals surface area contributed by atoms with Crippen molar-refractivity contribution < 1.29 is 9.73 Å². The van der Waals surface area contributed by atoms with Gasteiger partial charge in [0.15, 0.2) is 0 Å². The van der Waals surface area contributed by atoms with Crippen LogP contribution in [0, 0.1) is 0 Å². The molecule has 0 spiro atoms. The molecule has 0 aromatic rings. The van der Waals surface area contributed by atoms with Gasteiger partial charge in [-0.1, -0.05) is 0 Å². The molecule has 0 aliphatic rings. The molecule has 4 nitrogen and oxygen atoms in total. The predicted octanol–water partition coefficient (Wildman–Crippen LogP) is -1.46. The van der Waals surface area contributed by atoms with Crippen molar-refractivity contribution in [2.75, 3.05) is 0 Å². The van der Waals surface area contributed by atoms with Crippen LogP contribution in [0.3, 0.4) is 0 Å². The van der Waals surface area contributed by atoms with E-state index in [4.69, 9.17) is 4.79 Å². The van der Waals surface area contributed by atoms with Gasteiger partial charge in [-0.25, -0.2) is 5.48 Å². The summed E-state index contributed by atoms with van der Waals surface area (Å²) in [6.07, 6.45) is 0.333. The standard InChI is InChI=1S/CH4N2O2/c2-5-3-1-4/h1H,2H2,(H,3,4). The van der Waals surface area contributed by atoms with Gasteiger partial charge in [0.2, 0.25) is 6.41 Å². The quantitative estimate of drug-likeness (QED) is 0.312. The highest BCUT2D eigenvalue weighted by Crippen LogP contribution is 1.26. The normalized spacial score (nSPS) is 6.60. The number of amides is 1. The molecular weight excluding hydrogens is 72.0 g/mol. The van der Waals surface area contributed by atoms with E-state index in [2.05, 4.69) is 10.8 Å². The molecule has 0 radical (unpaired) electrons. The van der Waals surface area contributed by atoms with Crippen molar-refractivity contribution >= 4 is 6.41 Å². The Bertz CT molecular complexity index is 28.8. The number of hydrogen-bond acceptors (Lipinski definition) is 3. The third-order valence-electron chi connectivity index (χ3n) is 0.116. The Morgan fingerprint density at radius 1 is 2.00 bits per heavy atom. The Kier molecular flexibility index (Phi) is 2.98. The zero-order valence-corrected chi connectivity index (χ0v) is 2.47. The van der Waals surface area contributed by atoms with Gasteiger partial charge in [-0.15, -0.1) is 0 Å². The van der Waals surface area contributed by atoms with Crippen LogP contribution < -0.4 is 11.4 Å².